The highest BCUT2D eigenvalue weighted by Crippen LogP contribution is 2.36. The summed E-state index contributed by atoms with van der Waals surface area (Å²) in [6, 6.07) is 26.0. The Hall–Kier alpha value is -2.39. The number of hydrogen-bond acceptors (Lipinski definition) is 1. The van der Waals surface area contributed by atoms with Gasteiger partial charge in [-0.25, -0.2) is 0 Å². The zero-order valence-corrected chi connectivity index (χ0v) is 16.8. The molecule has 132 valence electrons. The van der Waals surface area contributed by atoms with Crippen LogP contribution in [0.2, 0.25) is 0 Å². The van der Waals surface area contributed by atoms with Gasteiger partial charge in [0.25, 0.3) is 0 Å². The minimum atomic E-state index is -0.776. The Kier molecular flexibility index (Phi) is 5.28. The Balaban J connectivity index is 2.12. The summed E-state index contributed by atoms with van der Waals surface area (Å²) in [7, 11) is 1.84. The normalized spacial score (nSPS) is 11.2. The van der Waals surface area contributed by atoms with E-state index in [0.29, 0.717) is 0 Å². The molecule has 3 rings (SSSR count). The van der Waals surface area contributed by atoms with Crippen LogP contribution < -0.4 is 4.90 Å². The third kappa shape index (κ3) is 3.32. The summed E-state index contributed by atoms with van der Waals surface area (Å²) in [5.74, 6) is 0.0273. The van der Waals surface area contributed by atoms with Crippen molar-refractivity contribution in [2.45, 2.75) is 19.3 Å². The molecular formula is C23H22BrNO. The molecule has 3 aromatic rings. The smallest absolute Gasteiger partial charge is 0.241 e. The average Bonchev–Trinajstić information content (AvgIpc) is 2.67. The van der Waals surface area contributed by atoms with Crippen LogP contribution in [0.5, 0.6) is 0 Å². The van der Waals surface area contributed by atoms with E-state index in [0.717, 1.165) is 26.9 Å². The molecule has 0 radical (unpaired) electrons. The van der Waals surface area contributed by atoms with E-state index in [4.69, 9.17) is 0 Å². The lowest BCUT2D eigenvalue weighted by Crippen LogP contribution is -2.44. The molecule has 0 fully saturated rings. The lowest BCUT2D eigenvalue weighted by Gasteiger charge is -2.34. The molecule has 0 aliphatic heterocycles. The Morgan fingerprint density at radius 1 is 0.885 bits per heavy atom. The Bertz CT molecular complexity index is 867. The third-order valence-corrected chi connectivity index (χ3v) is 5.53. The first-order valence-electron chi connectivity index (χ1n) is 8.60. The molecule has 3 heteroatoms. The lowest BCUT2D eigenvalue weighted by molar-refractivity contribution is -0.122. The van der Waals surface area contributed by atoms with Crippen LogP contribution in [0, 0.1) is 6.92 Å². The van der Waals surface area contributed by atoms with Gasteiger partial charge in [-0.3, -0.25) is 4.79 Å². The Morgan fingerprint density at radius 3 is 1.85 bits per heavy atom. The van der Waals surface area contributed by atoms with Crippen LogP contribution in [0.4, 0.5) is 5.69 Å². The highest BCUT2D eigenvalue weighted by atomic mass is 79.9. The molecule has 0 atom stereocenters. The van der Waals surface area contributed by atoms with E-state index in [1.54, 1.807) is 4.90 Å². The largest absolute Gasteiger partial charge is 0.313 e. The first-order chi connectivity index (χ1) is 12.4. The summed E-state index contributed by atoms with van der Waals surface area (Å²) in [5, 5.41) is 0. The first kappa shape index (κ1) is 18.4. The van der Waals surface area contributed by atoms with E-state index in [-0.39, 0.29) is 5.91 Å². The Labute approximate surface area is 163 Å². The molecular weight excluding hydrogens is 386 g/mol. The predicted molar refractivity (Wildman–Crippen MR) is 112 cm³/mol. The Morgan fingerprint density at radius 2 is 1.38 bits per heavy atom. The van der Waals surface area contributed by atoms with E-state index in [1.165, 1.54) is 0 Å². The van der Waals surface area contributed by atoms with Crippen LogP contribution >= 0.6 is 15.9 Å². The van der Waals surface area contributed by atoms with Gasteiger partial charge in [-0.05, 0) is 58.6 Å². The summed E-state index contributed by atoms with van der Waals surface area (Å²) in [5.41, 5.74) is 3.19. The number of rotatable bonds is 4. The maximum atomic E-state index is 13.7. The molecule has 0 aromatic heterocycles. The van der Waals surface area contributed by atoms with Gasteiger partial charge in [0.2, 0.25) is 5.91 Å². The number of halogens is 1. The van der Waals surface area contributed by atoms with Crippen LogP contribution in [0.3, 0.4) is 0 Å². The molecule has 0 saturated heterocycles. The first-order valence-corrected chi connectivity index (χ1v) is 9.39. The van der Waals surface area contributed by atoms with Crippen LogP contribution in [0.25, 0.3) is 0 Å². The second-order valence-electron chi connectivity index (χ2n) is 6.68. The minimum absolute atomic E-state index is 0.0273. The number of amides is 1. The van der Waals surface area contributed by atoms with Gasteiger partial charge >= 0.3 is 0 Å². The number of anilines is 1. The summed E-state index contributed by atoms with van der Waals surface area (Å²) in [6.45, 7) is 4.03. The molecule has 2 nitrogen and oxygen atoms in total. The second-order valence-corrected chi connectivity index (χ2v) is 7.53. The maximum absolute atomic E-state index is 13.7. The van der Waals surface area contributed by atoms with Gasteiger partial charge in [0.1, 0.15) is 0 Å². The summed E-state index contributed by atoms with van der Waals surface area (Å²) < 4.78 is 0.914. The molecule has 0 aliphatic rings. The number of likely N-dealkylation sites (N-methyl/N-ethyl adjacent to an activating group) is 1. The van der Waals surface area contributed by atoms with E-state index < -0.39 is 5.41 Å². The molecule has 3 aromatic carbocycles. The number of hydrogen-bond donors (Lipinski definition) is 0. The van der Waals surface area contributed by atoms with Crippen LogP contribution in [0.15, 0.2) is 83.3 Å². The fourth-order valence-corrected chi connectivity index (χ4v) is 4.04. The van der Waals surface area contributed by atoms with E-state index in [1.807, 2.05) is 99.8 Å². The highest BCUT2D eigenvalue weighted by Gasteiger charge is 2.39. The zero-order valence-electron chi connectivity index (χ0n) is 15.2. The number of carbonyl (C=O) groups excluding carboxylic acids is 1. The van der Waals surface area contributed by atoms with Crippen LogP contribution in [0.1, 0.15) is 23.6 Å². The van der Waals surface area contributed by atoms with E-state index in [9.17, 15) is 4.79 Å². The topological polar surface area (TPSA) is 20.3 Å². The van der Waals surface area contributed by atoms with Crippen molar-refractivity contribution in [3.63, 3.8) is 0 Å². The molecule has 1 amide bonds. The highest BCUT2D eigenvalue weighted by molar-refractivity contribution is 9.10. The summed E-state index contributed by atoms with van der Waals surface area (Å²) in [4.78, 5) is 15.4. The van der Waals surface area contributed by atoms with E-state index >= 15 is 0 Å². The monoisotopic (exact) mass is 407 g/mol. The fourth-order valence-electron chi connectivity index (χ4n) is 3.29. The molecule has 0 aliphatic carbocycles. The molecule has 0 unspecified atom stereocenters. The van der Waals surface area contributed by atoms with Gasteiger partial charge in [-0.2, -0.15) is 0 Å². The maximum Gasteiger partial charge on any atom is 0.241 e. The van der Waals surface area contributed by atoms with Crippen LogP contribution in [-0.4, -0.2) is 13.0 Å². The van der Waals surface area contributed by atoms with Crippen molar-refractivity contribution in [2.24, 2.45) is 0 Å². The van der Waals surface area contributed by atoms with Gasteiger partial charge in [0, 0.05) is 11.5 Å². The number of benzene rings is 3. The van der Waals surface area contributed by atoms with Crippen molar-refractivity contribution in [3.8, 4) is 0 Å². The van der Waals surface area contributed by atoms with Gasteiger partial charge in [-0.15, -0.1) is 0 Å². The standard InChI is InChI=1S/C23H22BrNO/c1-17-14-15-21(20(24)16-17)25(3)22(26)23(2,18-10-6-4-7-11-18)19-12-8-5-9-13-19/h4-16H,1-3H3. The van der Waals surface area contributed by atoms with Crippen molar-refractivity contribution in [1.82, 2.24) is 0 Å². The second kappa shape index (κ2) is 7.46. The molecule has 0 N–H and O–H groups in total. The summed E-state index contributed by atoms with van der Waals surface area (Å²) in [6.07, 6.45) is 0. The van der Waals surface area contributed by atoms with Gasteiger partial charge in [0.15, 0.2) is 0 Å². The van der Waals surface area contributed by atoms with Crippen LogP contribution in [-0.2, 0) is 10.2 Å². The molecule has 0 saturated carbocycles. The number of carbonyl (C=O) groups is 1. The van der Waals surface area contributed by atoms with Gasteiger partial charge < -0.3 is 4.90 Å². The molecule has 0 spiro atoms. The molecule has 0 bridgehead atoms. The molecule has 26 heavy (non-hydrogen) atoms. The SMILES string of the molecule is Cc1ccc(N(C)C(=O)C(C)(c2ccccc2)c2ccccc2)c(Br)c1. The summed E-state index contributed by atoms with van der Waals surface area (Å²) >= 11 is 3.60. The fraction of sp³-hybridized carbons (Fsp3) is 0.174. The predicted octanol–water partition coefficient (Wildman–Crippen LogP) is 5.73. The zero-order chi connectivity index (χ0) is 18.7. The van der Waals surface area contributed by atoms with Crippen molar-refractivity contribution in [1.29, 1.82) is 0 Å². The minimum Gasteiger partial charge on any atom is -0.313 e. The van der Waals surface area contributed by atoms with Crippen molar-refractivity contribution in [3.05, 3.63) is 100 Å². The number of aryl methyl sites for hydroxylation is 1. The van der Waals surface area contributed by atoms with Crippen molar-refractivity contribution >= 4 is 27.5 Å². The number of nitrogens with zero attached hydrogens (tertiary/aromatic N) is 1. The molecule has 0 heterocycles. The van der Waals surface area contributed by atoms with Crippen molar-refractivity contribution in [2.75, 3.05) is 11.9 Å². The van der Waals surface area contributed by atoms with Gasteiger partial charge in [-0.1, -0.05) is 66.7 Å². The van der Waals surface area contributed by atoms with E-state index in [2.05, 4.69) is 15.9 Å². The third-order valence-electron chi connectivity index (χ3n) is 4.90. The lowest BCUT2D eigenvalue weighted by atomic mass is 9.75. The van der Waals surface area contributed by atoms with Gasteiger partial charge in [0.05, 0.1) is 11.1 Å². The van der Waals surface area contributed by atoms with Crippen molar-refractivity contribution < 1.29 is 4.79 Å². The quantitative estimate of drug-likeness (QED) is 0.540. The average molecular weight is 408 g/mol.